The van der Waals surface area contributed by atoms with E-state index in [1.807, 2.05) is 0 Å². The predicted molar refractivity (Wildman–Crippen MR) is 40.2 cm³/mol. The second-order valence-corrected chi connectivity index (χ2v) is 2.64. The van der Waals surface area contributed by atoms with Gasteiger partial charge < -0.3 is 4.74 Å². The summed E-state index contributed by atoms with van der Waals surface area (Å²) < 4.78 is 4.62. The van der Waals surface area contributed by atoms with E-state index < -0.39 is 0 Å². The number of carbonyl (C=O) groups is 1. The Kier molecular flexibility index (Phi) is 1.58. The Morgan fingerprint density at radius 2 is 2.67 bits per heavy atom. The third-order valence-electron chi connectivity index (χ3n) is 1.98. The Morgan fingerprint density at radius 3 is 3.42 bits per heavy atom. The summed E-state index contributed by atoms with van der Waals surface area (Å²) in [4.78, 5) is 11.1. The van der Waals surface area contributed by atoms with Crippen molar-refractivity contribution < 1.29 is 9.53 Å². The van der Waals surface area contributed by atoms with Crippen molar-refractivity contribution in [3.63, 3.8) is 0 Å². The third-order valence-corrected chi connectivity index (χ3v) is 1.98. The van der Waals surface area contributed by atoms with Gasteiger partial charge in [0, 0.05) is 12.1 Å². The van der Waals surface area contributed by atoms with Gasteiger partial charge in [0.05, 0.1) is 19.0 Å². The highest BCUT2D eigenvalue weighted by atomic mass is 16.5. The number of hydrogen-bond acceptors (Lipinski definition) is 4. The molecule has 1 aromatic rings. The highest BCUT2D eigenvalue weighted by Gasteiger charge is 2.30. The van der Waals surface area contributed by atoms with E-state index in [0.717, 1.165) is 11.3 Å². The maximum absolute atomic E-state index is 11.1. The predicted octanol–water partition coefficient (Wildman–Crippen LogP) is -0.273. The number of ether oxygens (including phenoxy) is 1. The van der Waals surface area contributed by atoms with Crippen LogP contribution in [-0.4, -0.2) is 23.3 Å². The molecule has 0 aliphatic carbocycles. The Morgan fingerprint density at radius 1 is 1.83 bits per heavy atom. The first-order chi connectivity index (χ1) is 5.83. The maximum Gasteiger partial charge on any atom is 0.327 e. The number of fused-ring (bicyclic) bond motifs is 1. The summed E-state index contributed by atoms with van der Waals surface area (Å²) in [5, 5.41) is 9.65. The van der Waals surface area contributed by atoms with Gasteiger partial charge in [-0.2, -0.15) is 5.10 Å². The molecule has 1 atom stereocenters. The van der Waals surface area contributed by atoms with Crippen molar-refractivity contribution in [2.24, 2.45) is 0 Å². The van der Waals surface area contributed by atoms with E-state index in [9.17, 15) is 4.79 Å². The highest BCUT2D eigenvalue weighted by molar-refractivity contribution is 5.78. The minimum absolute atomic E-state index is 0.268. The summed E-state index contributed by atoms with van der Waals surface area (Å²) in [7, 11) is 1.38. The fourth-order valence-corrected chi connectivity index (χ4v) is 1.35. The molecule has 0 fully saturated rings. The third kappa shape index (κ3) is 0.902. The van der Waals surface area contributed by atoms with Crippen LogP contribution in [0, 0.1) is 0 Å². The number of esters is 1. The second kappa shape index (κ2) is 2.60. The molecule has 0 amide bonds. The number of nitrogens with zero attached hydrogens (tertiary/aromatic N) is 1. The first-order valence-electron chi connectivity index (χ1n) is 3.66. The number of methoxy groups -OCH3 is 1. The SMILES string of the molecule is COC(=O)C1NCc2[nH]ncc21. The number of H-pyrrole nitrogens is 1. The lowest BCUT2D eigenvalue weighted by Gasteiger charge is -2.06. The van der Waals surface area contributed by atoms with Gasteiger partial charge in [-0.1, -0.05) is 0 Å². The number of aromatic amines is 1. The Bertz CT molecular complexity index is 307. The van der Waals surface area contributed by atoms with Gasteiger partial charge in [-0.05, 0) is 0 Å². The average molecular weight is 167 g/mol. The van der Waals surface area contributed by atoms with Crippen LogP contribution in [0.1, 0.15) is 17.3 Å². The van der Waals surface area contributed by atoms with Crippen LogP contribution in [-0.2, 0) is 16.1 Å². The van der Waals surface area contributed by atoms with Crippen molar-refractivity contribution in [1.82, 2.24) is 15.5 Å². The molecule has 0 saturated heterocycles. The molecule has 0 radical (unpaired) electrons. The van der Waals surface area contributed by atoms with Crippen molar-refractivity contribution in [2.75, 3.05) is 7.11 Å². The molecule has 0 bridgehead atoms. The Hall–Kier alpha value is -1.36. The minimum atomic E-state index is -0.344. The zero-order valence-electron chi connectivity index (χ0n) is 6.63. The monoisotopic (exact) mass is 167 g/mol. The molecule has 5 heteroatoms. The summed E-state index contributed by atoms with van der Waals surface area (Å²) >= 11 is 0. The van der Waals surface area contributed by atoms with Gasteiger partial charge in [0.1, 0.15) is 6.04 Å². The smallest absolute Gasteiger partial charge is 0.327 e. The Balaban J connectivity index is 2.28. The summed E-state index contributed by atoms with van der Waals surface area (Å²) in [6, 6.07) is -0.344. The molecule has 2 heterocycles. The molecule has 1 aliphatic rings. The normalized spacial score (nSPS) is 20.6. The maximum atomic E-state index is 11.1. The number of hydrogen-bond donors (Lipinski definition) is 2. The molecule has 5 nitrogen and oxygen atoms in total. The van der Waals surface area contributed by atoms with Crippen LogP contribution in [0.3, 0.4) is 0 Å². The molecule has 2 N–H and O–H groups in total. The first-order valence-corrected chi connectivity index (χ1v) is 3.66. The molecule has 64 valence electrons. The molecule has 2 rings (SSSR count). The zero-order chi connectivity index (χ0) is 8.55. The molecule has 1 aromatic heterocycles. The van der Waals surface area contributed by atoms with Crippen LogP contribution in [0.25, 0.3) is 0 Å². The van der Waals surface area contributed by atoms with Crippen LogP contribution in [0.2, 0.25) is 0 Å². The van der Waals surface area contributed by atoms with E-state index in [-0.39, 0.29) is 12.0 Å². The van der Waals surface area contributed by atoms with Gasteiger partial charge in [-0.15, -0.1) is 0 Å². The highest BCUT2D eigenvalue weighted by Crippen LogP contribution is 2.23. The lowest BCUT2D eigenvalue weighted by Crippen LogP contribution is -2.23. The van der Waals surface area contributed by atoms with Gasteiger partial charge in [-0.25, -0.2) is 4.79 Å². The van der Waals surface area contributed by atoms with Crippen molar-refractivity contribution >= 4 is 5.97 Å². The van der Waals surface area contributed by atoms with E-state index in [2.05, 4.69) is 20.3 Å². The summed E-state index contributed by atoms with van der Waals surface area (Å²) in [6.45, 7) is 0.648. The van der Waals surface area contributed by atoms with Gasteiger partial charge in [0.15, 0.2) is 0 Å². The van der Waals surface area contributed by atoms with E-state index >= 15 is 0 Å². The average Bonchev–Trinajstić information content (AvgIpc) is 2.62. The van der Waals surface area contributed by atoms with Crippen molar-refractivity contribution in [3.05, 3.63) is 17.5 Å². The van der Waals surface area contributed by atoms with E-state index in [4.69, 9.17) is 0 Å². The number of nitrogens with one attached hydrogen (secondary N) is 2. The second-order valence-electron chi connectivity index (χ2n) is 2.64. The molecule has 12 heavy (non-hydrogen) atoms. The largest absolute Gasteiger partial charge is 0.468 e. The molecular formula is C7H9N3O2. The first kappa shape index (κ1) is 7.30. The van der Waals surface area contributed by atoms with Gasteiger partial charge in [0.25, 0.3) is 0 Å². The fraction of sp³-hybridized carbons (Fsp3) is 0.429. The molecule has 0 aromatic carbocycles. The van der Waals surface area contributed by atoms with Crippen molar-refractivity contribution in [2.45, 2.75) is 12.6 Å². The molecular weight excluding hydrogens is 158 g/mol. The summed E-state index contributed by atoms with van der Waals surface area (Å²) in [5.74, 6) is -0.268. The van der Waals surface area contributed by atoms with E-state index in [0.29, 0.717) is 6.54 Å². The minimum Gasteiger partial charge on any atom is -0.468 e. The zero-order valence-corrected chi connectivity index (χ0v) is 6.63. The number of aromatic nitrogens is 2. The lowest BCUT2D eigenvalue weighted by molar-refractivity contribution is -0.143. The Labute approximate surface area is 69.1 Å². The molecule has 0 saturated carbocycles. The lowest BCUT2D eigenvalue weighted by atomic mass is 10.2. The summed E-state index contributed by atoms with van der Waals surface area (Å²) in [6.07, 6.45) is 1.65. The van der Waals surface area contributed by atoms with Crippen molar-refractivity contribution in [3.8, 4) is 0 Å². The van der Waals surface area contributed by atoms with E-state index in [1.54, 1.807) is 6.20 Å². The molecule has 1 unspecified atom stereocenters. The van der Waals surface area contributed by atoms with Crippen molar-refractivity contribution in [1.29, 1.82) is 0 Å². The van der Waals surface area contributed by atoms with Gasteiger partial charge in [-0.3, -0.25) is 10.4 Å². The number of rotatable bonds is 1. The van der Waals surface area contributed by atoms with Crippen LogP contribution < -0.4 is 5.32 Å². The van der Waals surface area contributed by atoms with E-state index in [1.165, 1.54) is 7.11 Å². The van der Waals surface area contributed by atoms with Crippen LogP contribution in [0.5, 0.6) is 0 Å². The van der Waals surface area contributed by atoms with Gasteiger partial charge in [0.2, 0.25) is 0 Å². The van der Waals surface area contributed by atoms with Gasteiger partial charge >= 0.3 is 5.97 Å². The standard InChI is InChI=1S/C7H9N3O2/c1-12-7(11)6-4-2-9-10-5(4)3-8-6/h2,6,8H,3H2,1H3,(H,9,10). The quantitative estimate of drug-likeness (QED) is 0.565. The van der Waals surface area contributed by atoms with Crippen LogP contribution in [0.4, 0.5) is 0 Å². The molecule has 1 aliphatic heterocycles. The number of carbonyl (C=O) groups excluding carboxylic acids is 1. The van der Waals surface area contributed by atoms with Crippen LogP contribution >= 0.6 is 0 Å². The van der Waals surface area contributed by atoms with Crippen LogP contribution in [0.15, 0.2) is 6.20 Å². The molecule has 0 spiro atoms. The fourth-order valence-electron chi connectivity index (χ4n) is 1.35. The summed E-state index contributed by atoms with van der Waals surface area (Å²) in [5.41, 5.74) is 1.85. The topological polar surface area (TPSA) is 67.0 Å².